The third-order valence-electron chi connectivity index (χ3n) is 1.65. The Morgan fingerprint density at radius 3 is 2.93 bits per heavy atom. The van der Waals surface area contributed by atoms with Gasteiger partial charge in [-0.1, -0.05) is 6.08 Å². The maximum atomic E-state index is 11.3. The summed E-state index contributed by atoms with van der Waals surface area (Å²) in [6.45, 7) is 0.519. The Labute approximate surface area is 82.2 Å². The second kappa shape index (κ2) is 5.41. The van der Waals surface area contributed by atoms with E-state index in [1.54, 1.807) is 12.2 Å². The molecule has 1 amide bonds. The number of carbonyl (C=O) groups is 1. The highest BCUT2D eigenvalue weighted by Gasteiger charge is 2.19. The standard InChI is InChI=1S/C9H13NO4/c1-13-6-7-14-9(12)10-5-3-2-4-8(10)11/h2-5,8,11H,6-7H2,1H3. The molecule has 0 bridgehead atoms. The zero-order chi connectivity index (χ0) is 10.4. The second-order valence-electron chi connectivity index (χ2n) is 2.65. The monoisotopic (exact) mass is 199 g/mol. The van der Waals surface area contributed by atoms with Crippen LogP contribution < -0.4 is 0 Å². The summed E-state index contributed by atoms with van der Waals surface area (Å²) in [5.41, 5.74) is 0. The van der Waals surface area contributed by atoms with Gasteiger partial charge in [0.2, 0.25) is 0 Å². The van der Waals surface area contributed by atoms with E-state index in [9.17, 15) is 9.90 Å². The van der Waals surface area contributed by atoms with Crippen LogP contribution in [0.4, 0.5) is 4.79 Å². The third kappa shape index (κ3) is 2.86. The van der Waals surface area contributed by atoms with E-state index < -0.39 is 12.3 Å². The Bertz CT molecular complexity index is 249. The first-order chi connectivity index (χ1) is 6.75. The Balaban J connectivity index is 2.36. The van der Waals surface area contributed by atoms with E-state index in [-0.39, 0.29) is 6.61 Å². The molecule has 1 rings (SSSR count). The molecule has 0 saturated heterocycles. The van der Waals surface area contributed by atoms with Crippen molar-refractivity contribution in [1.82, 2.24) is 4.90 Å². The molecule has 1 N–H and O–H groups in total. The number of aliphatic hydroxyl groups excluding tert-OH is 1. The predicted octanol–water partition coefficient (Wildman–Crippen LogP) is 0.473. The topological polar surface area (TPSA) is 59.0 Å². The van der Waals surface area contributed by atoms with Crippen LogP contribution in [0, 0.1) is 0 Å². The summed E-state index contributed by atoms with van der Waals surface area (Å²) in [5.74, 6) is 0. The molecular formula is C9H13NO4. The van der Waals surface area contributed by atoms with Crippen molar-refractivity contribution in [2.24, 2.45) is 0 Å². The van der Waals surface area contributed by atoms with Crippen molar-refractivity contribution in [3.05, 3.63) is 24.4 Å². The number of aliphatic hydroxyl groups is 1. The maximum Gasteiger partial charge on any atom is 0.416 e. The van der Waals surface area contributed by atoms with E-state index >= 15 is 0 Å². The molecule has 78 valence electrons. The fraction of sp³-hybridized carbons (Fsp3) is 0.444. The molecule has 0 saturated carbocycles. The maximum absolute atomic E-state index is 11.3. The Kier molecular flexibility index (Phi) is 4.15. The van der Waals surface area contributed by atoms with Crippen LogP contribution in [0.5, 0.6) is 0 Å². The Morgan fingerprint density at radius 2 is 2.29 bits per heavy atom. The van der Waals surface area contributed by atoms with Gasteiger partial charge in [0.1, 0.15) is 6.61 Å². The molecule has 1 atom stereocenters. The molecule has 0 spiro atoms. The zero-order valence-corrected chi connectivity index (χ0v) is 7.92. The molecule has 0 aliphatic carbocycles. The molecule has 1 aliphatic heterocycles. The molecular weight excluding hydrogens is 186 g/mol. The summed E-state index contributed by atoms with van der Waals surface area (Å²) in [4.78, 5) is 12.4. The lowest BCUT2D eigenvalue weighted by Gasteiger charge is -2.23. The molecule has 5 nitrogen and oxygen atoms in total. The minimum atomic E-state index is -0.949. The molecule has 0 aromatic rings. The van der Waals surface area contributed by atoms with Gasteiger partial charge in [-0.15, -0.1) is 0 Å². The number of ether oxygens (including phenoxy) is 2. The van der Waals surface area contributed by atoms with Crippen LogP contribution in [0.1, 0.15) is 0 Å². The normalized spacial score (nSPS) is 19.9. The quantitative estimate of drug-likeness (QED) is 0.671. The van der Waals surface area contributed by atoms with Crippen molar-refractivity contribution in [3.63, 3.8) is 0 Å². The minimum Gasteiger partial charge on any atom is -0.447 e. The van der Waals surface area contributed by atoms with Crippen LogP contribution in [0.2, 0.25) is 0 Å². The number of methoxy groups -OCH3 is 1. The number of carbonyl (C=O) groups excluding carboxylic acids is 1. The number of nitrogens with zero attached hydrogens (tertiary/aromatic N) is 1. The lowest BCUT2D eigenvalue weighted by Crippen LogP contribution is -2.36. The number of allylic oxidation sites excluding steroid dienone is 2. The van der Waals surface area contributed by atoms with Crippen molar-refractivity contribution >= 4 is 6.09 Å². The van der Waals surface area contributed by atoms with E-state index in [0.717, 1.165) is 4.90 Å². The fourth-order valence-electron chi connectivity index (χ4n) is 0.943. The van der Waals surface area contributed by atoms with Gasteiger partial charge in [0.25, 0.3) is 0 Å². The van der Waals surface area contributed by atoms with Crippen LogP contribution in [-0.4, -0.2) is 42.7 Å². The van der Waals surface area contributed by atoms with Gasteiger partial charge in [0.05, 0.1) is 6.61 Å². The average molecular weight is 199 g/mol. The molecule has 1 aliphatic rings. The highest BCUT2D eigenvalue weighted by atomic mass is 16.6. The van der Waals surface area contributed by atoms with Gasteiger partial charge >= 0.3 is 6.09 Å². The van der Waals surface area contributed by atoms with Crippen molar-refractivity contribution in [2.45, 2.75) is 6.23 Å². The van der Waals surface area contributed by atoms with Crippen molar-refractivity contribution in [3.8, 4) is 0 Å². The van der Waals surface area contributed by atoms with Crippen molar-refractivity contribution < 1.29 is 19.4 Å². The molecule has 14 heavy (non-hydrogen) atoms. The smallest absolute Gasteiger partial charge is 0.416 e. The fourth-order valence-corrected chi connectivity index (χ4v) is 0.943. The van der Waals surface area contributed by atoms with Gasteiger partial charge < -0.3 is 14.6 Å². The summed E-state index contributed by atoms with van der Waals surface area (Å²) in [5, 5.41) is 9.35. The van der Waals surface area contributed by atoms with Gasteiger partial charge in [0, 0.05) is 13.3 Å². The van der Waals surface area contributed by atoms with E-state index in [2.05, 4.69) is 0 Å². The van der Waals surface area contributed by atoms with Crippen molar-refractivity contribution in [2.75, 3.05) is 20.3 Å². The van der Waals surface area contributed by atoms with E-state index in [4.69, 9.17) is 9.47 Å². The van der Waals surface area contributed by atoms with Gasteiger partial charge in [-0.3, -0.25) is 4.90 Å². The van der Waals surface area contributed by atoms with Gasteiger partial charge in [-0.05, 0) is 12.2 Å². The van der Waals surface area contributed by atoms with E-state index in [0.29, 0.717) is 6.61 Å². The number of rotatable bonds is 3. The van der Waals surface area contributed by atoms with Crippen molar-refractivity contribution in [1.29, 1.82) is 0 Å². The van der Waals surface area contributed by atoms with Crippen LogP contribution in [0.3, 0.4) is 0 Å². The first kappa shape index (κ1) is 10.7. The summed E-state index contributed by atoms with van der Waals surface area (Å²) in [6.07, 6.45) is 4.70. The molecule has 1 heterocycles. The second-order valence-corrected chi connectivity index (χ2v) is 2.65. The van der Waals surface area contributed by atoms with Crippen LogP contribution in [0.25, 0.3) is 0 Å². The zero-order valence-electron chi connectivity index (χ0n) is 7.92. The molecule has 0 fully saturated rings. The molecule has 0 radical (unpaired) electrons. The summed E-state index contributed by atoms with van der Waals surface area (Å²) in [6, 6.07) is 0. The van der Waals surface area contributed by atoms with Gasteiger partial charge in [-0.25, -0.2) is 4.79 Å². The van der Waals surface area contributed by atoms with Crippen LogP contribution >= 0.6 is 0 Å². The predicted molar refractivity (Wildman–Crippen MR) is 49.3 cm³/mol. The highest BCUT2D eigenvalue weighted by molar-refractivity contribution is 5.69. The first-order valence-corrected chi connectivity index (χ1v) is 4.23. The van der Waals surface area contributed by atoms with Crippen LogP contribution in [0.15, 0.2) is 24.4 Å². The molecule has 5 heteroatoms. The lowest BCUT2D eigenvalue weighted by atomic mass is 10.3. The average Bonchev–Trinajstić information content (AvgIpc) is 2.18. The Morgan fingerprint density at radius 1 is 1.50 bits per heavy atom. The first-order valence-electron chi connectivity index (χ1n) is 4.23. The number of hydrogen-bond acceptors (Lipinski definition) is 4. The molecule has 0 aromatic heterocycles. The largest absolute Gasteiger partial charge is 0.447 e. The van der Waals surface area contributed by atoms with E-state index in [1.807, 2.05) is 0 Å². The van der Waals surface area contributed by atoms with Gasteiger partial charge in [0.15, 0.2) is 6.23 Å². The van der Waals surface area contributed by atoms with Crippen LogP contribution in [-0.2, 0) is 9.47 Å². The number of hydrogen-bond donors (Lipinski definition) is 1. The Hall–Kier alpha value is -1.33. The number of amides is 1. The van der Waals surface area contributed by atoms with Gasteiger partial charge in [-0.2, -0.15) is 0 Å². The lowest BCUT2D eigenvalue weighted by molar-refractivity contribution is 0.0376. The SMILES string of the molecule is COCCOC(=O)N1C=CC=CC1O. The summed E-state index contributed by atoms with van der Waals surface area (Å²) >= 11 is 0. The van der Waals surface area contributed by atoms with E-state index in [1.165, 1.54) is 19.4 Å². The highest BCUT2D eigenvalue weighted by Crippen LogP contribution is 2.07. The summed E-state index contributed by atoms with van der Waals surface area (Å²) < 4.78 is 9.53. The molecule has 0 aromatic carbocycles. The third-order valence-corrected chi connectivity index (χ3v) is 1.65. The minimum absolute atomic E-state index is 0.177. The summed E-state index contributed by atoms with van der Waals surface area (Å²) in [7, 11) is 1.52. The molecule has 1 unspecified atom stereocenters.